The Hall–Kier alpha value is -0.708. The summed E-state index contributed by atoms with van der Waals surface area (Å²) in [5.41, 5.74) is 0. The zero-order valence-electron chi connectivity index (χ0n) is 7.24. The van der Waals surface area contributed by atoms with E-state index in [1.54, 1.807) is 0 Å². The average Bonchev–Trinajstić information content (AvgIpc) is 1.92. The topological polar surface area (TPSA) is 165 Å². The summed E-state index contributed by atoms with van der Waals surface area (Å²) in [4.78, 5) is 0. The summed E-state index contributed by atoms with van der Waals surface area (Å²) in [6.07, 6.45) is 0. The van der Waals surface area contributed by atoms with Crippen LogP contribution in [-0.4, -0.2) is 0 Å². The average molecular weight is 318 g/mol. The number of hydrogen-bond acceptors (Lipinski definition) is 10. The Labute approximate surface area is 122 Å². The first-order chi connectivity index (χ1) is 5.66. The maximum Gasteiger partial charge on any atom is 3.00 e. The van der Waals surface area contributed by atoms with Gasteiger partial charge in [0.2, 0.25) is 0 Å². The van der Waals surface area contributed by atoms with Crippen molar-refractivity contribution in [3.63, 3.8) is 0 Å². The van der Waals surface area contributed by atoms with E-state index in [0.717, 1.165) is 0 Å². The van der Waals surface area contributed by atoms with Crippen molar-refractivity contribution in [1.82, 2.24) is 12.3 Å². The van der Waals surface area contributed by atoms with Crippen LogP contribution >= 0.6 is 0 Å². The zero-order valence-corrected chi connectivity index (χ0v) is 11.8. The first-order valence-electron chi connectivity index (χ1n) is 1.71. The summed E-state index contributed by atoms with van der Waals surface area (Å²) in [6.45, 7) is 0. The minimum absolute atomic E-state index is 0. The van der Waals surface area contributed by atoms with E-state index in [0.29, 0.717) is 0 Å². The fourth-order valence-corrected chi connectivity index (χ4v) is 0. The van der Waals surface area contributed by atoms with Crippen LogP contribution in [-0.2, 0) is 67.9 Å². The maximum atomic E-state index is 7.13. The van der Waals surface area contributed by atoms with Crippen LogP contribution in [0.5, 0.6) is 0 Å². The van der Waals surface area contributed by atoms with E-state index >= 15 is 0 Å². The molecule has 0 amide bonds. The van der Waals surface area contributed by atoms with E-state index in [2.05, 4.69) is 50.5 Å². The summed E-state index contributed by atoms with van der Waals surface area (Å²) >= 11 is 14.8. The second kappa shape index (κ2) is 185. The first kappa shape index (κ1) is 47.5. The molecule has 0 fully saturated rings. The van der Waals surface area contributed by atoms with Crippen molar-refractivity contribution in [1.29, 1.82) is 21.0 Å². The monoisotopic (exact) mass is 318 g/mol. The summed E-state index contributed by atoms with van der Waals surface area (Å²) in [5.74, 6) is 0. The Morgan fingerprint density at radius 3 is 0.533 bits per heavy atom. The third-order valence-corrected chi connectivity index (χ3v) is 0. The first-order valence-corrected chi connectivity index (χ1v) is 3.34. The van der Waals surface area contributed by atoms with Crippen molar-refractivity contribution in [3.8, 4) is 21.6 Å². The molecule has 0 heterocycles. The maximum absolute atomic E-state index is 7.13. The molecule has 0 aliphatic carbocycles. The third-order valence-electron chi connectivity index (χ3n) is 0. The quantitative estimate of drug-likeness (QED) is 0.470. The molecule has 1 radical (unpaired) electrons. The van der Waals surface area contributed by atoms with Crippen LogP contribution in [0.2, 0.25) is 0 Å². The van der Waals surface area contributed by atoms with Crippen LogP contribution in [0.1, 0.15) is 0 Å². The summed E-state index contributed by atoms with van der Waals surface area (Å²) in [7, 11) is 0. The van der Waals surface area contributed by atoms with Crippen LogP contribution in [0, 0.1) is 42.7 Å². The number of hydrogen-bond donors (Lipinski definition) is 2. The van der Waals surface area contributed by atoms with Gasteiger partial charge in [0.1, 0.15) is 0 Å². The molecule has 83 valence electrons. The largest absolute Gasteiger partial charge is 3.00 e. The van der Waals surface area contributed by atoms with Gasteiger partial charge in [-0.25, -0.2) is 21.0 Å². The molecule has 0 aromatic heterocycles. The van der Waals surface area contributed by atoms with Gasteiger partial charge in [0.25, 0.3) is 0 Å². The molecule has 0 rings (SSSR count). The van der Waals surface area contributed by atoms with Gasteiger partial charge in [-0.15, -0.1) is 0 Å². The standard InChI is InChI=1S/4CHNS.Cr.2H3N/c4*2-1-3;;;/h4*3H;;2*1H3/q;;;;+3;;/p-4. The van der Waals surface area contributed by atoms with Crippen molar-refractivity contribution in [3.05, 3.63) is 0 Å². The number of nitrogens with zero attached hydrogens (tertiary/aromatic N) is 4. The van der Waals surface area contributed by atoms with Crippen LogP contribution in [0.4, 0.5) is 0 Å². The molecule has 0 aliphatic rings. The molecular weight excluding hydrogens is 312 g/mol. The predicted octanol–water partition coefficient (Wildman–Crippen LogP) is 0.379. The van der Waals surface area contributed by atoms with Gasteiger partial charge in [-0.3, -0.25) is 0 Å². The van der Waals surface area contributed by atoms with Gasteiger partial charge >= 0.3 is 17.4 Å². The molecule has 0 saturated carbocycles. The van der Waals surface area contributed by atoms with Crippen molar-refractivity contribution in [2.45, 2.75) is 0 Å². The molecule has 0 unspecified atom stereocenters. The third kappa shape index (κ3) is 3390. The van der Waals surface area contributed by atoms with Crippen LogP contribution < -0.4 is 12.3 Å². The molecule has 0 spiro atoms. The normalized spacial score (nSPS) is 1.87. The Morgan fingerprint density at radius 1 is 0.533 bits per heavy atom. The Bertz CT molecular complexity index is 161. The fourth-order valence-electron chi connectivity index (χ4n) is 0. The Morgan fingerprint density at radius 2 is 0.533 bits per heavy atom. The molecule has 0 bridgehead atoms. The van der Waals surface area contributed by atoms with Crippen LogP contribution in [0.3, 0.4) is 0 Å². The molecule has 6 nitrogen and oxygen atoms in total. The van der Waals surface area contributed by atoms with Gasteiger partial charge in [-0.2, -0.15) is 0 Å². The van der Waals surface area contributed by atoms with E-state index in [9.17, 15) is 0 Å². The second-order valence-electron chi connectivity index (χ2n) is 0.365. The Balaban J connectivity index is -0.0000000107. The van der Waals surface area contributed by atoms with Crippen molar-refractivity contribution >= 4 is 50.5 Å². The molecule has 0 atom stereocenters. The fraction of sp³-hybridized carbons (Fsp3) is 0. The molecule has 15 heavy (non-hydrogen) atoms. The number of rotatable bonds is 0. The second-order valence-corrected chi connectivity index (χ2v) is 1.10. The van der Waals surface area contributed by atoms with Gasteiger partial charge in [0.15, 0.2) is 0 Å². The molecule has 0 saturated heterocycles. The van der Waals surface area contributed by atoms with E-state index in [1.165, 1.54) is 21.6 Å². The Kier molecular flexibility index (Phi) is 587. The minimum atomic E-state index is 0. The molecule has 6 N–H and O–H groups in total. The van der Waals surface area contributed by atoms with Gasteiger partial charge in [0.05, 0.1) is 0 Å². The van der Waals surface area contributed by atoms with E-state index in [4.69, 9.17) is 21.0 Å². The molecule has 0 aromatic carbocycles. The minimum Gasteiger partial charge on any atom is -0.696 e. The number of thiocyanates is 4. The summed E-state index contributed by atoms with van der Waals surface area (Å²) in [6, 6.07) is 0. The van der Waals surface area contributed by atoms with E-state index < -0.39 is 0 Å². The van der Waals surface area contributed by atoms with Crippen molar-refractivity contribution < 1.29 is 17.4 Å². The van der Waals surface area contributed by atoms with Crippen LogP contribution in [0.25, 0.3) is 0 Å². The molecular formula is C4H6CrN6S4-. The van der Waals surface area contributed by atoms with Gasteiger partial charge < -0.3 is 62.8 Å². The van der Waals surface area contributed by atoms with Crippen LogP contribution in [0.15, 0.2) is 0 Å². The number of nitriles is 4. The predicted molar refractivity (Wildman–Crippen MR) is 62.0 cm³/mol. The molecule has 0 aromatic rings. The van der Waals surface area contributed by atoms with Crippen molar-refractivity contribution in [2.24, 2.45) is 0 Å². The van der Waals surface area contributed by atoms with Gasteiger partial charge in [-0.05, 0) is 0 Å². The summed E-state index contributed by atoms with van der Waals surface area (Å²) in [5, 5.41) is 33.9. The SMILES string of the molecule is N.N.N#C[S-].N#C[S-].N#C[S-].N#C[S-].[Cr+3]. The smallest absolute Gasteiger partial charge is 0.696 e. The van der Waals surface area contributed by atoms with E-state index in [1.807, 2.05) is 0 Å². The summed E-state index contributed by atoms with van der Waals surface area (Å²) < 4.78 is 0. The van der Waals surface area contributed by atoms with E-state index in [-0.39, 0.29) is 29.7 Å². The van der Waals surface area contributed by atoms with Gasteiger partial charge in [0, 0.05) is 0 Å². The zero-order chi connectivity index (χ0) is 10.8. The molecule has 0 aliphatic heterocycles. The van der Waals surface area contributed by atoms with Crippen molar-refractivity contribution in [2.75, 3.05) is 0 Å². The molecule has 11 heteroatoms. The van der Waals surface area contributed by atoms with Gasteiger partial charge in [-0.1, -0.05) is 21.6 Å².